The third-order valence-corrected chi connectivity index (χ3v) is 4.86. The lowest BCUT2D eigenvalue weighted by atomic mass is 10.2. The molecule has 1 amide bonds. The molecule has 1 fully saturated rings. The van der Waals surface area contributed by atoms with Gasteiger partial charge >= 0.3 is 0 Å². The molecule has 1 aliphatic rings. The fourth-order valence-corrected chi connectivity index (χ4v) is 3.28. The van der Waals surface area contributed by atoms with E-state index in [1.807, 2.05) is 12.1 Å². The Bertz CT molecular complexity index is 1020. The lowest BCUT2D eigenvalue weighted by molar-refractivity contribution is -0.384. The standard InChI is InChI=1S/C20H20N6O3/c27-20(22-12-15-7-8-21-19(11-15)24-9-1-2-10-24)16-13-23-25(14-16)17-3-5-18(6-4-17)26(28)29/h3-8,11,13-14H,1-2,9-10,12H2,(H,22,27). The van der Waals surface area contributed by atoms with Gasteiger partial charge in [-0.15, -0.1) is 0 Å². The van der Waals surface area contributed by atoms with Gasteiger partial charge in [0.2, 0.25) is 0 Å². The molecule has 1 aromatic carbocycles. The van der Waals surface area contributed by atoms with Gasteiger partial charge in [0, 0.05) is 44.2 Å². The quantitative estimate of drug-likeness (QED) is 0.511. The van der Waals surface area contributed by atoms with E-state index in [0.29, 0.717) is 17.8 Å². The van der Waals surface area contributed by atoms with Gasteiger partial charge in [-0.25, -0.2) is 9.67 Å². The van der Waals surface area contributed by atoms with Crippen LogP contribution in [0.25, 0.3) is 5.69 Å². The molecule has 1 saturated heterocycles. The van der Waals surface area contributed by atoms with Crippen molar-refractivity contribution >= 4 is 17.4 Å². The molecule has 0 aliphatic carbocycles. The molecule has 3 heterocycles. The third-order valence-electron chi connectivity index (χ3n) is 4.86. The Labute approximate surface area is 167 Å². The maximum Gasteiger partial charge on any atom is 0.269 e. The number of nitrogens with one attached hydrogen (secondary N) is 1. The lowest BCUT2D eigenvalue weighted by Crippen LogP contribution is -2.23. The third kappa shape index (κ3) is 4.23. The Morgan fingerprint density at radius 3 is 2.66 bits per heavy atom. The Hall–Kier alpha value is -3.75. The van der Waals surface area contributed by atoms with Gasteiger partial charge in [0.15, 0.2) is 0 Å². The van der Waals surface area contributed by atoms with E-state index in [4.69, 9.17) is 0 Å². The molecule has 2 aromatic heterocycles. The second-order valence-corrected chi connectivity index (χ2v) is 6.85. The SMILES string of the molecule is O=C(NCc1ccnc(N2CCCC2)c1)c1cnn(-c2ccc([N+](=O)[O-])cc2)c1. The van der Waals surface area contributed by atoms with Crippen LogP contribution in [0.15, 0.2) is 55.0 Å². The highest BCUT2D eigenvalue weighted by Gasteiger charge is 2.14. The number of hydrogen-bond donors (Lipinski definition) is 1. The normalized spacial score (nSPS) is 13.4. The number of amides is 1. The van der Waals surface area contributed by atoms with E-state index in [1.165, 1.54) is 35.9 Å². The predicted molar refractivity (Wildman–Crippen MR) is 107 cm³/mol. The zero-order chi connectivity index (χ0) is 20.2. The molecule has 148 valence electrons. The number of carbonyl (C=O) groups excluding carboxylic acids is 1. The van der Waals surface area contributed by atoms with Crippen molar-refractivity contribution in [3.05, 3.63) is 76.2 Å². The number of non-ortho nitro benzene ring substituents is 1. The van der Waals surface area contributed by atoms with Crippen molar-refractivity contribution in [1.82, 2.24) is 20.1 Å². The summed E-state index contributed by atoms with van der Waals surface area (Å²) in [6, 6.07) is 9.87. The first-order valence-electron chi connectivity index (χ1n) is 9.38. The van der Waals surface area contributed by atoms with E-state index in [9.17, 15) is 14.9 Å². The van der Waals surface area contributed by atoms with Crippen LogP contribution in [0.5, 0.6) is 0 Å². The smallest absolute Gasteiger partial charge is 0.269 e. The number of benzene rings is 1. The maximum atomic E-state index is 12.5. The fraction of sp³-hybridized carbons (Fsp3) is 0.250. The van der Waals surface area contributed by atoms with Crippen LogP contribution >= 0.6 is 0 Å². The van der Waals surface area contributed by atoms with Crippen LogP contribution in [0.3, 0.4) is 0 Å². The van der Waals surface area contributed by atoms with Crippen LogP contribution in [-0.4, -0.2) is 38.7 Å². The van der Waals surface area contributed by atoms with E-state index in [-0.39, 0.29) is 11.6 Å². The molecule has 0 atom stereocenters. The van der Waals surface area contributed by atoms with Crippen molar-refractivity contribution in [3.8, 4) is 5.69 Å². The van der Waals surface area contributed by atoms with Gasteiger partial charge in [-0.05, 0) is 42.7 Å². The van der Waals surface area contributed by atoms with Gasteiger partial charge in [-0.2, -0.15) is 5.10 Å². The first-order chi connectivity index (χ1) is 14.1. The summed E-state index contributed by atoms with van der Waals surface area (Å²) in [4.78, 5) is 29.4. The van der Waals surface area contributed by atoms with E-state index in [0.717, 1.165) is 24.5 Å². The number of hydrogen-bond acceptors (Lipinski definition) is 6. The number of nitro groups is 1. The van der Waals surface area contributed by atoms with Crippen molar-refractivity contribution in [2.24, 2.45) is 0 Å². The molecule has 1 aliphatic heterocycles. The minimum Gasteiger partial charge on any atom is -0.357 e. The number of nitrogens with zero attached hydrogens (tertiary/aromatic N) is 5. The molecule has 29 heavy (non-hydrogen) atoms. The Balaban J connectivity index is 1.39. The topological polar surface area (TPSA) is 106 Å². The van der Waals surface area contributed by atoms with Crippen molar-refractivity contribution in [2.45, 2.75) is 19.4 Å². The molecule has 0 spiro atoms. The highest BCUT2D eigenvalue weighted by Crippen LogP contribution is 2.19. The van der Waals surface area contributed by atoms with Gasteiger partial charge in [-0.3, -0.25) is 14.9 Å². The number of carbonyl (C=O) groups is 1. The summed E-state index contributed by atoms with van der Waals surface area (Å²) in [5.74, 6) is 0.706. The molecule has 0 unspecified atom stereocenters. The second-order valence-electron chi connectivity index (χ2n) is 6.85. The Morgan fingerprint density at radius 1 is 1.17 bits per heavy atom. The number of rotatable bonds is 6. The summed E-state index contributed by atoms with van der Waals surface area (Å²) in [5, 5.41) is 17.8. The molecule has 0 radical (unpaired) electrons. The minimum absolute atomic E-state index is 0.00419. The maximum absolute atomic E-state index is 12.5. The number of anilines is 1. The van der Waals surface area contributed by atoms with Crippen LogP contribution in [0.1, 0.15) is 28.8 Å². The molecule has 0 saturated carbocycles. The molecule has 0 bridgehead atoms. The van der Waals surface area contributed by atoms with Crippen LogP contribution < -0.4 is 10.2 Å². The Kier molecular flexibility index (Phi) is 5.19. The van der Waals surface area contributed by atoms with Crippen LogP contribution in [-0.2, 0) is 6.54 Å². The molecule has 9 heteroatoms. The number of aromatic nitrogens is 3. The predicted octanol–water partition coefficient (Wildman–Crippen LogP) is 2.71. The summed E-state index contributed by atoms with van der Waals surface area (Å²) < 4.78 is 1.51. The van der Waals surface area contributed by atoms with E-state index in [2.05, 4.69) is 20.3 Å². The fourth-order valence-electron chi connectivity index (χ4n) is 3.28. The zero-order valence-corrected chi connectivity index (χ0v) is 15.7. The first kappa shape index (κ1) is 18.6. The molecular weight excluding hydrogens is 372 g/mol. The second kappa shape index (κ2) is 8.09. The van der Waals surface area contributed by atoms with E-state index < -0.39 is 4.92 Å². The summed E-state index contributed by atoms with van der Waals surface area (Å²) in [7, 11) is 0. The number of nitro benzene ring substituents is 1. The van der Waals surface area contributed by atoms with Gasteiger partial charge in [0.1, 0.15) is 5.82 Å². The molecule has 3 aromatic rings. The Morgan fingerprint density at radius 2 is 1.93 bits per heavy atom. The summed E-state index contributed by atoms with van der Waals surface area (Å²) in [6.07, 6.45) is 7.20. The average Bonchev–Trinajstić information content (AvgIpc) is 3.44. The van der Waals surface area contributed by atoms with Crippen molar-refractivity contribution in [3.63, 3.8) is 0 Å². The molecular formula is C20H20N6O3. The van der Waals surface area contributed by atoms with Gasteiger partial charge in [0.25, 0.3) is 11.6 Å². The van der Waals surface area contributed by atoms with E-state index >= 15 is 0 Å². The van der Waals surface area contributed by atoms with Crippen molar-refractivity contribution in [2.75, 3.05) is 18.0 Å². The van der Waals surface area contributed by atoms with Gasteiger partial charge < -0.3 is 10.2 Å². The van der Waals surface area contributed by atoms with Gasteiger partial charge in [-0.1, -0.05) is 0 Å². The molecule has 4 rings (SSSR count). The van der Waals surface area contributed by atoms with Crippen LogP contribution in [0.4, 0.5) is 11.5 Å². The van der Waals surface area contributed by atoms with Crippen molar-refractivity contribution < 1.29 is 9.72 Å². The summed E-state index contributed by atoms with van der Waals surface area (Å²) in [5.41, 5.74) is 2.04. The summed E-state index contributed by atoms with van der Waals surface area (Å²) >= 11 is 0. The highest BCUT2D eigenvalue weighted by molar-refractivity contribution is 5.93. The molecule has 1 N–H and O–H groups in total. The first-order valence-corrected chi connectivity index (χ1v) is 9.38. The minimum atomic E-state index is -0.458. The number of pyridine rings is 1. The summed E-state index contributed by atoms with van der Waals surface area (Å²) in [6.45, 7) is 2.43. The van der Waals surface area contributed by atoms with E-state index in [1.54, 1.807) is 24.5 Å². The van der Waals surface area contributed by atoms with Gasteiger partial charge in [0.05, 0.1) is 22.4 Å². The highest BCUT2D eigenvalue weighted by atomic mass is 16.6. The monoisotopic (exact) mass is 392 g/mol. The molecule has 9 nitrogen and oxygen atoms in total. The average molecular weight is 392 g/mol. The lowest BCUT2D eigenvalue weighted by Gasteiger charge is -2.16. The largest absolute Gasteiger partial charge is 0.357 e. The van der Waals surface area contributed by atoms with Crippen LogP contribution in [0, 0.1) is 10.1 Å². The zero-order valence-electron chi connectivity index (χ0n) is 15.7. The van der Waals surface area contributed by atoms with Crippen molar-refractivity contribution in [1.29, 1.82) is 0 Å². The van der Waals surface area contributed by atoms with Crippen LogP contribution in [0.2, 0.25) is 0 Å².